The van der Waals surface area contributed by atoms with Gasteiger partial charge < -0.3 is 9.84 Å². The third-order valence-corrected chi connectivity index (χ3v) is 2.20. The van der Waals surface area contributed by atoms with Crippen LogP contribution in [0.2, 0.25) is 0 Å². The van der Waals surface area contributed by atoms with Crippen LogP contribution in [0.5, 0.6) is 5.75 Å². The molecule has 0 aromatic carbocycles. The minimum atomic E-state index is -2.70. The molecule has 0 aliphatic carbocycles. The van der Waals surface area contributed by atoms with Crippen LogP contribution in [0.3, 0.4) is 0 Å². The van der Waals surface area contributed by atoms with Crippen LogP contribution >= 0.6 is 0 Å². The van der Waals surface area contributed by atoms with E-state index in [9.17, 15) is 18.7 Å². The standard InChI is InChI=1S/C10H11F2NO3/c1-5-6(10(11)12)4-13-7(9(5)15)3-8(14)16-2/h4,10,15H,3H2,1-2H3. The van der Waals surface area contributed by atoms with E-state index < -0.39 is 12.4 Å². The molecule has 0 aliphatic heterocycles. The highest BCUT2D eigenvalue weighted by Gasteiger charge is 2.18. The molecular formula is C10H11F2NO3. The molecule has 0 spiro atoms. The SMILES string of the molecule is COC(=O)Cc1ncc(C(F)F)c(C)c1O. The lowest BCUT2D eigenvalue weighted by Crippen LogP contribution is -2.07. The van der Waals surface area contributed by atoms with Gasteiger partial charge in [-0.3, -0.25) is 9.78 Å². The number of pyridine rings is 1. The Kier molecular flexibility index (Phi) is 3.76. The lowest BCUT2D eigenvalue weighted by molar-refractivity contribution is -0.139. The Labute approximate surface area is 90.9 Å². The van der Waals surface area contributed by atoms with Crippen molar-refractivity contribution in [3.05, 3.63) is 23.0 Å². The summed E-state index contributed by atoms with van der Waals surface area (Å²) in [5, 5.41) is 9.57. The van der Waals surface area contributed by atoms with Gasteiger partial charge in [0.05, 0.1) is 19.2 Å². The smallest absolute Gasteiger partial charge is 0.311 e. The second-order valence-corrected chi connectivity index (χ2v) is 3.19. The number of aromatic nitrogens is 1. The van der Waals surface area contributed by atoms with Crippen molar-refractivity contribution < 1.29 is 23.4 Å². The first-order valence-corrected chi connectivity index (χ1v) is 4.49. The number of halogens is 2. The van der Waals surface area contributed by atoms with Gasteiger partial charge in [-0.1, -0.05) is 0 Å². The molecule has 16 heavy (non-hydrogen) atoms. The summed E-state index contributed by atoms with van der Waals surface area (Å²) in [6.07, 6.45) is -1.99. The maximum Gasteiger partial charge on any atom is 0.311 e. The molecule has 6 heteroatoms. The van der Waals surface area contributed by atoms with E-state index >= 15 is 0 Å². The van der Waals surface area contributed by atoms with Gasteiger partial charge in [-0.2, -0.15) is 0 Å². The van der Waals surface area contributed by atoms with E-state index in [1.807, 2.05) is 0 Å². The summed E-state index contributed by atoms with van der Waals surface area (Å²) in [6.45, 7) is 1.35. The van der Waals surface area contributed by atoms with Gasteiger partial charge >= 0.3 is 5.97 Å². The van der Waals surface area contributed by atoms with Crippen LogP contribution in [-0.2, 0) is 16.0 Å². The number of ether oxygens (including phenoxy) is 1. The minimum absolute atomic E-state index is 0.0314. The molecule has 0 saturated carbocycles. The molecule has 1 rings (SSSR count). The number of alkyl halides is 2. The highest BCUT2D eigenvalue weighted by Crippen LogP contribution is 2.29. The second-order valence-electron chi connectivity index (χ2n) is 3.19. The van der Waals surface area contributed by atoms with E-state index in [1.165, 1.54) is 14.0 Å². The maximum absolute atomic E-state index is 12.4. The first-order chi connectivity index (χ1) is 7.47. The van der Waals surface area contributed by atoms with Crippen molar-refractivity contribution in [1.29, 1.82) is 0 Å². The first-order valence-electron chi connectivity index (χ1n) is 4.49. The van der Waals surface area contributed by atoms with Crippen molar-refractivity contribution in [3.8, 4) is 5.75 Å². The predicted octanol–water partition coefficient (Wildman–Crippen LogP) is 1.75. The quantitative estimate of drug-likeness (QED) is 0.805. The number of nitrogens with zero attached hydrogens (tertiary/aromatic N) is 1. The Bertz CT molecular complexity index is 407. The van der Waals surface area contributed by atoms with Crippen LogP contribution in [0.4, 0.5) is 8.78 Å². The van der Waals surface area contributed by atoms with E-state index in [1.54, 1.807) is 0 Å². The number of carbonyl (C=O) groups is 1. The fourth-order valence-corrected chi connectivity index (χ4v) is 1.22. The summed E-state index contributed by atoms with van der Waals surface area (Å²) in [5.41, 5.74) is -0.274. The lowest BCUT2D eigenvalue weighted by Gasteiger charge is -2.09. The zero-order valence-electron chi connectivity index (χ0n) is 8.83. The number of hydrogen-bond acceptors (Lipinski definition) is 4. The van der Waals surface area contributed by atoms with Crippen molar-refractivity contribution >= 4 is 5.97 Å². The number of rotatable bonds is 3. The largest absolute Gasteiger partial charge is 0.506 e. The van der Waals surface area contributed by atoms with Crippen LogP contribution in [0, 0.1) is 6.92 Å². The number of hydrogen-bond donors (Lipinski definition) is 1. The van der Waals surface area contributed by atoms with E-state index in [2.05, 4.69) is 9.72 Å². The molecule has 0 amide bonds. The van der Waals surface area contributed by atoms with E-state index in [0.717, 1.165) is 6.20 Å². The van der Waals surface area contributed by atoms with Crippen LogP contribution in [-0.4, -0.2) is 23.2 Å². The van der Waals surface area contributed by atoms with Gasteiger partial charge in [0, 0.05) is 17.3 Å². The van der Waals surface area contributed by atoms with Gasteiger partial charge in [-0.25, -0.2) is 8.78 Å². The Balaban J connectivity index is 3.07. The second kappa shape index (κ2) is 4.87. The fraction of sp³-hybridized carbons (Fsp3) is 0.400. The molecule has 0 aliphatic rings. The number of aromatic hydroxyl groups is 1. The molecule has 4 nitrogen and oxygen atoms in total. The van der Waals surface area contributed by atoms with Crippen LogP contribution in [0.25, 0.3) is 0 Å². The van der Waals surface area contributed by atoms with Crippen molar-refractivity contribution in [1.82, 2.24) is 4.98 Å². The van der Waals surface area contributed by atoms with Crippen LogP contribution < -0.4 is 0 Å². The monoisotopic (exact) mass is 231 g/mol. The molecule has 0 fully saturated rings. The first kappa shape index (κ1) is 12.4. The van der Waals surface area contributed by atoms with Gasteiger partial charge in [0.15, 0.2) is 0 Å². The zero-order valence-corrected chi connectivity index (χ0v) is 8.83. The summed E-state index contributed by atoms with van der Waals surface area (Å²) in [4.78, 5) is 14.6. The molecule has 88 valence electrons. The molecule has 0 saturated heterocycles. The molecule has 1 heterocycles. The molecule has 0 bridgehead atoms. The fourth-order valence-electron chi connectivity index (χ4n) is 1.22. The Hall–Kier alpha value is -1.72. The zero-order chi connectivity index (χ0) is 12.3. The van der Waals surface area contributed by atoms with E-state index in [-0.39, 0.29) is 29.0 Å². The van der Waals surface area contributed by atoms with Gasteiger partial charge in [-0.15, -0.1) is 0 Å². The summed E-state index contributed by atoms with van der Waals surface area (Å²) in [7, 11) is 1.19. The van der Waals surface area contributed by atoms with Crippen molar-refractivity contribution in [2.75, 3.05) is 7.11 Å². The van der Waals surface area contributed by atoms with Gasteiger partial charge in [0.1, 0.15) is 5.75 Å². The Morgan fingerprint density at radius 3 is 2.75 bits per heavy atom. The molecular weight excluding hydrogens is 220 g/mol. The molecule has 0 unspecified atom stereocenters. The van der Waals surface area contributed by atoms with Crippen LogP contribution in [0.15, 0.2) is 6.20 Å². The topological polar surface area (TPSA) is 59.4 Å². The molecule has 0 radical (unpaired) electrons. The van der Waals surface area contributed by atoms with Crippen LogP contribution in [0.1, 0.15) is 23.2 Å². The normalized spacial score (nSPS) is 10.6. The van der Waals surface area contributed by atoms with E-state index in [0.29, 0.717) is 0 Å². The third kappa shape index (κ3) is 2.44. The third-order valence-electron chi connectivity index (χ3n) is 2.20. The summed E-state index contributed by atoms with van der Waals surface area (Å²) in [6, 6.07) is 0. The number of carbonyl (C=O) groups excluding carboxylic acids is 1. The summed E-state index contributed by atoms with van der Waals surface area (Å²) >= 11 is 0. The van der Waals surface area contributed by atoms with Crippen molar-refractivity contribution in [2.24, 2.45) is 0 Å². The average molecular weight is 231 g/mol. The lowest BCUT2D eigenvalue weighted by atomic mass is 10.1. The minimum Gasteiger partial charge on any atom is -0.506 e. The maximum atomic E-state index is 12.4. The Morgan fingerprint density at radius 2 is 2.25 bits per heavy atom. The number of methoxy groups -OCH3 is 1. The summed E-state index contributed by atoms with van der Waals surface area (Å²) < 4.78 is 29.2. The van der Waals surface area contributed by atoms with E-state index in [4.69, 9.17) is 0 Å². The predicted molar refractivity (Wildman–Crippen MR) is 51.3 cm³/mol. The van der Waals surface area contributed by atoms with Gasteiger partial charge in [0.25, 0.3) is 6.43 Å². The summed E-state index contributed by atoms with van der Waals surface area (Å²) in [5.74, 6) is -0.977. The number of esters is 1. The molecule has 1 aromatic heterocycles. The van der Waals surface area contributed by atoms with Crippen molar-refractivity contribution in [2.45, 2.75) is 19.8 Å². The highest BCUT2D eigenvalue weighted by molar-refractivity contribution is 5.72. The molecule has 0 atom stereocenters. The van der Waals surface area contributed by atoms with Crippen molar-refractivity contribution in [3.63, 3.8) is 0 Å². The average Bonchev–Trinajstić information content (AvgIpc) is 2.24. The Morgan fingerprint density at radius 1 is 1.62 bits per heavy atom. The molecule has 1 aromatic rings. The van der Waals surface area contributed by atoms with Gasteiger partial charge in [0.2, 0.25) is 0 Å². The molecule has 1 N–H and O–H groups in total. The highest BCUT2D eigenvalue weighted by atomic mass is 19.3. The van der Waals surface area contributed by atoms with Gasteiger partial charge in [-0.05, 0) is 6.92 Å².